The summed E-state index contributed by atoms with van der Waals surface area (Å²) >= 11 is 6.61. The van der Waals surface area contributed by atoms with E-state index in [0.717, 1.165) is 18.4 Å². The smallest absolute Gasteiger partial charge is 0.293 e. The summed E-state index contributed by atoms with van der Waals surface area (Å²) in [5.41, 5.74) is 3.76. The summed E-state index contributed by atoms with van der Waals surface area (Å²) in [7, 11) is -2.37. The lowest BCUT2D eigenvalue weighted by Gasteiger charge is -2.29. The number of fused-ring (bicyclic) bond motifs is 4. The number of pyridine rings is 1. The maximum absolute atomic E-state index is 16.1. The standard InChI is InChI=1S/C38H32ClF6N7O4S/c1-51-31-22(5-6-26(39)28(31)36(49-51)50-57(2,55)56)21-4-3-20(7-8-37(16-53)9-10-37)47-29(21)24(13-17-11-18(40)14-19(41)12-17)32(35(46)54)52-33-27(30(48-52)34(42)43)23-15-25(23)38(33,44)45/h3-6,11-12,14,23-25,32,34,53H,9-10,13,15-16H2,1-2H3,(H2,46,54)(H,49,50)/t23-,24+,25+,32?/m0/s1. The molecule has 1 amide bonds. The quantitative estimate of drug-likeness (QED) is 0.102. The van der Waals surface area contributed by atoms with Crippen LogP contribution in [0.1, 0.15) is 77.5 Å². The zero-order chi connectivity index (χ0) is 40.9. The SMILES string of the molecule is Cn1nc(NS(C)(=O)=O)c2c(Cl)ccc(-c3ccc(C#CC4(CO)CC4)nc3[C@@H](Cc3cc(F)cc(F)c3)C(C(N)=O)n3nc(C(F)F)c4c3C(F)(F)[C@@H]3C[C@H]43)c21. The molecular weight excluding hydrogens is 800 g/mol. The van der Waals surface area contributed by atoms with E-state index >= 15 is 8.78 Å². The van der Waals surface area contributed by atoms with Crippen molar-refractivity contribution in [1.82, 2.24) is 24.5 Å². The molecule has 2 saturated carbocycles. The van der Waals surface area contributed by atoms with Crippen LogP contribution >= 0.6 is 11.6 Å². The van der Waals surface area contributed by atoms with Crippen molar-refractivity contribution in [3.63, 3.8) is 0 Å². The van der Waals surface area contributed by atoms with Gasteiger partial charge in [0.25, 0.3) is 12.3 Å². The number of benzene rings is 2. The molecule has 0 saturated heterocycles. The van der Waals surface area contributed by atoms with Crippen LogP contribution in [0.15, 0.2) is 42.5 Å². The molecule has 57 heavy (non-hydrogen) atoms. The third-order valence-corrected chi connectivity index (χ3v) is 11.7. The van der Waals surface area contributed by atoms with Crippen molar-refractivity contribution in [2.45, 2.75) is 55.9 Å². The fourth-order valence-electron chi connectivity index (χ4n) is 8.01. The lowest BCUT2D eigenvalue weighted by Crippen LogP contribution is -2.37. The Labute approximate surface area is 326 Å². The van der Waals surface area contributed by atoms with Crippen LogP contribution in [0.3, 0.4) is 0 Å². The second-order valence-electron chi connectivity index (χ2n) is 14.9. The van der Waals surface area contributed by atoms with Gasteiger partial charge in [0.1, 0.15) is 34.8 Å². The molecule has 0 spiro atoms. The molecule has 3 aromatic heterocycles. The molecule has 3 heterocycles. The van der Waals surface area contributed by atoms with Crippen LogP contribution in [0.2, 0.25) is 5.02 Å². The number of halogens is 7. The predicted molar refractivity (Wildman–Crippen MR) is 196 cm³/mol. The van der Waals surface area contributed by atoms with Crippen LogP contribution in [0, 0.1) is 34.8 Å². The second kappa shape index (κ2) is 13.5. The monoisotopic (exact) mass is 831 g/mol. The van der Waals surface area contributed by atoms with Gasteiger partial charge in [-0.2, -0.15) is 19.0 Å². The molecule has 2 fully saturated rings. The summed E-state index contributed by atoms with van der Waals surface area (Å²) in [6, 6.07) is 6.54. The van der Waals surface area contributed by atoms with E-state index in [2.05, 4.69) is 26.8 Å². The first-order valence-electron chi connectivity index (χ1n) is 17.6. The van der Waals surface area contributed by atoms with Gasteiger partial charge < -0.3 is 10.8 Å². The number of hydrogen-bond acceptors (Lipinski definition) is 7. The fourth-order valence-corrected chi connectivity index (χ4v) is 8.75. The number of primary amides is 1. The molecule has 4 N–H and O–H groups in total. The lowest BCUT2D eigenvalue weighted by atomic mass is 9.84. The maximum atomic E-state index is 16.1. The Kier molecular flexibility index (Phi) is 9.17. The molecular formula is C38H32ClF6N7O4S. The van der Waals surface area contributed by atoms with Gasteiger partial charge in [0.05, 0.1) is 39.9 Å². The largest absolute Gasteiger partial charge is 0.395 e. The number of amides is 1. The van der Waals surface area contributed by atoms with Crippen molar-refractivity contribution in [2.24, 2.45) is 24.1 Å². The number of rotatable bonds is 11. The average molecular weight is 832 g/mol. The molecule has 1 unspecified atom stereocenters. The molecule has 4 atom stereocenters. The molecule has 5 aromatic rings. The van der Waals surface area contributed by atoms with Gasteiger partial charge in [0.15, 0.2) is 5.82 Å². The van der Waals surface area contributed by atoms with Gasteiger partial charge in [0.2, 0.25) is 15.9 Å². The van der Waals surface area contributed by atoms with Crippen molar-refractivity contribution in [3.8, 4) is 23.0 Å². The van der Waals surface area contributed by atoms with E-state index in [0.29, 0.717) is 23.6 Å². The fraction of sp³-hybridized carbons (Fsp3) is 0.368. The van der Waals surface area contributed by atoms with Crippen LogP contribution in [0.4, 0.5) is 32.2 Å². The van der Waals surface area contributed by atoms with E-state index in [-0.39, 0.29) is 68.4 Å². The summed E-state index contributed by atoms with van der Waals surface area (Å²) < 4.78 is 120. The van der Waals surface area contributed by atoms with Gasteiger partial charge in [-0.15, -0.1) is 0 Å². The average Bonchev–Trinajstić information content (AvgIpc) is 4.01. The minimum atomic E-state index is -3.87. The molecule has 3 aliphatic carbocycles. The second-order valence-corrected chi connectivity index (χ2v) is 17.0. The molecule has 298 valence electrons. The summed E-state index contributed by atoms with van der Waals surface area (Å²) in [4.78, 5) is 18.6. The van der Waals surface area contributed by atoms with E-state index < -0.39 is 86.9 Å². The first-order chi connectivity index (χ1) is 26.8. The van der Waals surface area contributed by atoms with Crippen molar-refractivity contribution in [2.75, 3.05) is 17.6 Å². The first kappa shape index (κ1) is 38.7. The van der Waals surface area contributed by atoms with Crippen LogP contribution in [-0.4, -0.2) is 56.8 Å². The molecule has 3 aliphatic rings. The number of nitrogens with one attached hydrogen (secondary N) is 1. The van der Waals surface area contributed by atoms with Gasteiger partial charge in [-0.05, 0) is 73.4 Å². The van der Waals surface area contributed by atoms with Crippen LogP contribution < -0.4 is 10.5 Å². The number of sulfonamides is 1. The van der Waals surface area contributed by atoms with Crippen molar-refractivity contribution in [3.05, 3.63) is 93.0 Å². The number of nitrogens with zero attached hydrogens (tertiary/aromatic N) is 5. The number of aliphatic hydroxyl groups is 1. The minimum Gasteiger partial charge on any atom is -0.395 e. The number of nitrogens with two attached hydrogens (primary N) is 1. The number of aliphatic hydroxyl groups excluding tert-OH is 1. The highest BCUT2D eigenvalue weighted by molar-refractivity contribution is 7.92. The van der Waals surface area contributed by atoms with Gasteiger partial charge >= 0.3 is 0 Å². The summed E-state index contributed by atoms with van der Waals surface area (Å²) in [5, 5.41) is 18.4. The first-order valence-corrected chi connectivity index (χ1v) is 19.9. The van der Waals surface area contributed by atoms with Crippen LogP contribution in [0.25, 0.3) is 22.0 Å². The number of carbonyl (C=O) groups excluding carboxylic acids is 1. The van der Waals surface area contributed by atoms with Crippen LogP contribution in [-0.2, 0) is 34.2 Å². The van der Waals surface area contributed by atoms with Crippen LogP contribution in [0.5, 0.6) is 0 Å². The number of aromatic nitrogens is 5. The number of aryl methyl sites for hydroxylation is 1. The normalized spacial score (nSPS) is 19.8. The van der Waals surface area contributed by atoms with E-state index in [1.54, 1.807) is 0 Å². The van der Waals surface area contributed by atoms with E-state index in [1.165, 1.54) is 36.0 Å². The van der Waals surface area contributed by atoms with E-state index in [9.17, 15) is 35.9 Å². The highest BCUT2D eigenvalue weighted by atomic mass is 35.5. The van der Waals surface area contributed by atoms with Crippen molar-refractivity contribution in [1.29, 1.82) is 0 Å². The van der Waals surface area contributed by atoms with E-state index in [4.69, 9.17) is 22.3 Å². The van der Waals surface area contributed by atoms with E-state index in [1.807, 2.05) is 0 Å². The molecule has 0 aliphatic heterocycles. The van der Waals surface area contributed by atoms with Gasteiger partial charge in [0, 0.05) is 41.6 Å². The number of carbonyl (C=O) groups is 1. The van der Waals surface area contributed by atoms with Crippen molar-refractivity contribution < 1.29 is 44.7 Å². The Morgan fingerprint density at radius 2 is 1.77 bits per heavy atom. The number of anilines is 1. The highest BCUT2D eigenvalue weighted by Crippen LogP contribution is 2.68. The zero-order valence-electron chi connectivity index (χ0n) is 30.0. The molecule has 0 radical (unpaired) electrons. The molecule has 2 aromatic carbocycles. The number of alkyl halides is 4. The maximum Gasteiger partial charge on any atom is 0.293 e. The zero-order valence-corrected chi connectivity index (χ0v) is 31.6. The molecule has 8 rings (SSSR count). The third kappa shape index (κ3) is 6.78. The summed E-state index contributed by atoms with van der Waals surface area (Å²) in [6.07, 6.45) is -1.74. The topological polar surface area (TPSA) is 158 Å². The highest BCUT2D eigenvalue weighted by Gasteiger charge is 2.67. The molecule has 0 bridgehead atoms. The summed E-state index contributed by atoms with van der Waals surface area (Å²) in [5.74, 6) is -4.96. The predicted octanol–water partition coefficient (Wildman–Crippen LogP) is 6.46. The van der Waals surface area contributed by atoms with Gasteiger partial charge in [-0.3, -0.25) is 14.2 Å². The van der Waals surface area contributed by atoms with Crippen molar-refractivity contribution >= 4 is 44.3 Å². The lowest BCUT2D eigenvalue weighted by molar-refractivity contribution is -0.122. The molecule has 19 heteroatoms. The summed E-state index contributed by atoms with van der Waals surface area (Å²) in [6.45, 7) is -0.234. The molecule has 11 nitrogen and oxygen atoms in total. The Morgan fingerprint density at radius 3 is 2.39 bits per heavy atom. The Balaban J connectivity index is 1.42. The Morgan fingerprint density at radius 1 is 1.09 bits per heavy atom. The Hall–Kier alpha value is -5.12. The Bertz CT molecular complexity index is 2670. The minimum absolute atomic E-state index is 0.0617. The third-order valence-electron chi connectivity index (χ3n) is 10.8. The van der Waals surface area contributed by atoms with Gasteiger partial charge in [-0.1, -0.05) is 23.6 Å². The van der Waals surface area contributed by atoms with Gasteiger partial charge in [-0.25, -0.2) is 35.6 Å². The number of hydrogen-bond donors (Lipinski definition) is 3.